The van der Waals surface area contributed by atoms with Crippen LogP contribution in [0.4, 0.5) is 0 Å². The summed E-state index contributed by atoms with van der Waals surface area (Å²) in [6, 6.07) is 6.89. The van der Waals surface area contributed by atoms with E-state index in [-0.39, 0.29) is 4.90 Å². The van der Waals surface area contributed by atoms with Crippen molar-refractivity contribution in [3.05, 3.63) is 30.3 Å². The molecule has 0 unspecified atom stereocenters. The maximum atomic E-state index is 11.3. The molecule has 84 valence electrons. The second kappa shape index (κ2) is 4.27. The zero-order chi connectivity index (χ0) is 11.5. The van der Waals surface area contributed by atoms with Crippen molar-refractivity contribution in [1.82, 2.24) is 0 Å². The Morgan fingerprint density at radius 3 is 2.00 bits per heavy atom. The molecular weight excluding hydrogens is 244 g/mol. The number of hydrogen-bond donors (Lipinski definition) is 0. The quantitative estimate of drug-likeness (QED) is 0.765. The third kappa shape index (κ3) is 3.27. The van der Waals surface area contributed by atoms with Gasteiger partial charge in [0.05, 0.1) is 12.0 Å². The van der Waals surface area contributed by atoms with Gasteiger partial charge in [0.1, 0.15) is 0 Å². The summed E-state index contributed by atoms with van der Waals surface area (Å²) in [4.78, 5) is -0.259. The third-order valence-corrected chi connectivity index (χ3v) is 4.05. The fourth-order valence-corrected chi connectivity index (χ4v) is 2.67. The molecule has 0 aliphatic heterocycles. The van der Waals surface area contributed by atoms with Crippen LogP contribution in [0, 0.1) is 0 Å². The third-order valence-electron chi connectivity index (χ3n) is 1.41. The van der Waals surface area contributed by atoms with Crippen LogP contribution in [0.15, 0.2) is 35.2 Å². The highest BCUT2D eigenvalue weighted by atomic mass is 32.3. The van der Waals surface area contributed by atoms with Crippen LogP contribution in [0.2, 0.25) is 0 Å². The molecule has 1 rings (SSSR count). The molecule has 1 aromatic carbocycles. The van der Waals surface area contributed by atoms with Gasteiger partial charge in [-0.05, 0) is 12.1 Å². The lowest BCUT2D eigenvalue weighted by Crippen LogP contribution is -2.14. The molecule has 0 radical (unpaired) electrons. The van der Waals surface area contributed by atoms with Crippen molar-refractivity contribution in [1.29, 1.82) is 0 Å². The normalized spacial score (nSPS) is 12.6. The van der Waals surface area contributed by atoms with Gasteiger partial charge in [-0.25, -0.2) is 0 Å². The molecule has 0 heterocycles. The van der Waals surface area contributed by atoms with Gasteiger partial charge in [-0.15, -0.1) is 3.63 Å². The van der Waals surface area contributed by atoms with Crippen molar-refractivity contribution in [2.45, 2.75) is 4.90 Å². The minimum Gasteiger partial charge on any atom is -0.251 e. The van der Waals surface area contributed by atoms with Crippen LogP contribution >= 0.6 is 0 Å². The zero-order valence-corrected chi connectivity index (χ0v) is 9.29. The Bertz CT molecular complexity index is 516. The largest absolute Gasteiger partial charge is 0.414 e. The molecule has 0 fully saturated rings. The molecule has 0 aliphatic rings. The predicted molar refractivity (Wildman–Crippen MR) is 50.6 cm³/mol. The van der Waals surface area contributed by atoms with Crippen molar-refractivity contribution in [3.8, 4) is 0 Å². The Balaban J connectivity index is 3.07. The van der Waals surface area contributed by atoms with E-state index in [0.29, 0.717) is 0 Å². The Hall–Kier alpha value is -0.960. The van der Waals surface area contributed by atoms with Gasteiger partial charge in [0.2, 0.25) is 0 Å². The molecule has 0 N–H and O–H groups in total. The molecular formula is C7H8O6S2. The summed E-state index contributed by atoms with van der Waals surface area (Å²) in [6.07, 6.45) is 0. The van der Waals surface area contributed by atoms with Crippen molar-refractivity contribution in [3.63, 3.8) is 0 Å². The fraction of sp³-hybridized carbons (Fsp3) is 0.143. The van der Waals surface area contributed by atoms with Gasteiger partial charge in [0.15, 0.2) is 0 Å². The first kappa shape index (κ1) is 12.1. The standard InChI is InChI=1S/C7H8O6S2/c1-12-15(10,11)13-14(8,9)7-5-3-2-4-6-7/h2-6H,1H3. The van der Waals surface area contributed by atoms with Crippen molar-refractivity contribution in [2.75, 3.05) is 7.11 Å². The summed E-state index contributed by atoms with van der Waals surface area (Å²) >= 11 is 0. The average Bonchev–Trinajstić information content (AvgIpc) is 2.18. The minimum atomic E-state index is -4.51. The molecule has 15 heavy (non-hydrogen) atoms. The topological polar surface area (TPSA) is 86.7 Å². The first-order chi connectivity index (χ1) is 6.87. The highest BCUT2D eigenvalue weighted by Gasteiger charge is 2.24. The van der Waals surface area contributed by atoms with E-state index in [1.54, 1.807) is 6.07 Å². The maximum absolute atomic E-state index is 11.3. The van der Waals surface area contributed by atoms with E-state index >= 15 is 0 Å². The van der Waals surface area contributed by atoms with E-state index in [2.05, 4.69) is 7.81 Å². The molecule has 0 spiro atoms. The maximum Gasteiger partial charge on any atom is 0.414 e. The molecule has 1 aromatic rings. The lowest BCUT2D eigenvalue weighted by molar-refractivity contribution is 0.330. The van der Waals surface area contributed by atoms with E-state index in [4.69, 9.17) is 0 Å². The lowest BCUT2D eigenvalue weighted by Gasteiger charge is -2.03. The molecule has 0 saturated heterocycles. The van der Waals surface area contributed by atoms with Crippen LogP contribution in [0.5, 0.6) is 0 Å². The summed E-state index contributed by atoms with van der Waals surface area (Å²) in [5.41, 5.74) is 0. The lowest BCUT2D eigenvalue weighted by atomic mass is 10.4. The van der Waals surface area contributed by atoms with Crippen molar-refractivity contribution in [2.24, 2.45) is 0 Å². The predicted octanol–water partition coefficient (Wildman–Crippen LogP) is 0.283. The molecule has 0 amide bonds. The molecule has 0 bridgehead atoms. The summed E-state index contributed by atoms with van der Waals surface area (Å²) in [5, 5.41) is 0. The second-order valence-corrected chi connectivity index (χ2v) is 5.48. The van der Waals surface area contributed by atoms with Crippen LogP contribution in [0.3, 0.4) is 0 Å². The van der Waals surface area contributed by atoms with Crippen LogP contribution in [-0.4, -0.2) is 23.9 Å². The second-order valence-electron chi connectivity index (χ2n) is 2.41. The number of benzene rings is 1. The molecule has 6 nitrogen and oxygen atoms in total. The smallest absolute Gasteiger partial charge is 0.251 e. The molecule has 0 atom stereocenters. The Morgan fingerprint density at radius 1 is 1.00 bits per heavy atom. The summed E-state index contributed by atoms with van der Waals surface area (Å²) in [7, 11) is -8.05. The van der Waals surface area contributed by atoms with Crippen LogP contribution in [-0.2, 0) is 28.3 Å². The molecule has 8 heteroatoms. The van der Waals surface area contributed by atoms with E-state index in [0.717, 1.165) is 7.11 Å². The van der Waals surface area contributed by atoms with E-state index in [9.17, 15) is 16.8 Å². The summed E-state index contributed by atoms with van der Waals surface area (Å²) < 4.78 is 51.9. The van der Waals surface area contributed by atoms with Crippen molar-refractivity contribution >= 4 is 20.5 Å². The minimum absolute atomic E-state index is 0.259. The molecule has 0 aromatic heterocycles. The first-order valence-corrected chi connectivity index (χ1v) is 6.43. The molecule has 0 aliphatic carbocycles. The Morgan fingerprint density at radius 2 is 1.53 bits per heavy atom. The van der Waals surface area contributed by atoms with Crippen LogP contribution in [0.25, 0.3) is 0 Å². The van der Waals surface area contributed by atoms with E-state index in [1.165, 1.54) is 24.3 Å². The van der Waals surface area contributed by atoms with Gasteiger partial charge in [-0.2, -0.15) is 16.8 Å². The fourth-order valence-electron chi connectivity index (χ4n) is 0.764. The van der Waals surface area contributed by atoms with E-state index in [1.807, 2.05) is 0 Å². The highest BCUT2D eigenvalue weighted by Crippen LogP contribution is 2.14. The summed E-state index contributed by atoms with van der Waals surface area (Å²) in [5.74, 6) is 0. The number of hydrogen-bond acceptors (Lipinski definition) is 6. The van der Waals surface area contributed by atoms with Gasteiger partial charge in [0, 0.05) is 0 Å². The Labute approximate surface area is 87.9 Å². The van der Waals surface area contributed by atoms with Crippen molar-refractivity contribution < 1.29 is 24.6 Å². The van der Waals surface area contributed by atoms with Gasteiger partial charge < -0.3 is 0 Å². The number of rotatable bonds is 4. The SMILES string of the molecule is COS(=O)(=O)OS(=O)(=O)c1ccccc1. The summed E-state index contributed by atoms with van der Waals surface area (Å²) in [6.45, 7) is 0. The average molecular weight is 252 g/mol. The zero-order valence-electron chi connectivity index (χ0n) is 7.65. The monoisotopic (exact) mass is 252 g/mol. The van der Waals surface area contributed by atoms with E-state index < -0.39 is 20.5 Å². The highest BCUT2D eigenvalue weighted by molar-refractivity contribution is 7.97. The van der Waals surface area contributed by atoms with Gasteiger partial charge in [-0.3, -0.25) is 4.18 Å². The van der Waals surface area contributed by atoms with Gasteiger partial charge in [0.25, 0.3) is 0 Å². The van der Waals surface area contributed by atoms with Gasteiger partial charge in [-0.1, -0.05) is 18.2 Å². The van der Waals surface area contributed by atoms with Crippen LogP contribution in [0.1, 0.15) is 0 Å². The molecule has 0 saturated carbocycles. The first-order valence-electron chi connectivity index (χ1n) is 3.69. The van der Waals surface area contributed by atoms with Crippen LogP contribution < -0.4 is 0 Å². The van der Waals surface area contributed by atoms with Gasteiger partial charge >= 0.3 is 20.5 Å². The Kier molecular flexibility index (Phi) is 3.45.